The van der Waals surface area contributed by atoms with Gasteiger partial charge in [-0.25, -0.2) is 4.98 Å². The first-order valence-electron chi connectivity index (χ1n) is 19.1. The summed E-state index contributed by atoms with van der Waals surface area (Å²) in [6, 6.07) is 66.7. The van der Waals surface area contributed by atoms with Gasteiger partial charge in [0.15, 0.2) is 11.6 Å². The third-order valence-corrected chi connectivity index (χ3v) is 12.3. The van der Waals surface area contributed by atoms with Gasteiger partial charge < -0.3 is 4.57 Å². The van der Waals surface area contributed by atoms with Gasteiger partial charge in [-0.2, -0.15) is 9.97 Å². The van der Waals surface area contributed by atoms with E-state index in [1.165, 1.54) is 53.1 Å². The molecule has 5 nitrogen and oxygen atoms in total. The lowest BCUT2D eigenvalue weighted by atomic mass is 10.0. The maximum atomic E-state index is 5.26. The SMILES string of the molecule is c1ccc(-c2ccc3c(c2)c2ccccc2n3-c2nc(-c3ccccc3)nc(-c3ccc4c(c3)sc3cc(-n5c6ccccc6c6ccccc65)ccc34)n2)cc1. The summed E-state index contributed by atoms with van der Waals surface area (Å²) >= 11 is 1.81. The number of hydrogen-bond donors (Lipinski definition) is 0. The van der Waals surface area contributed by atoms with Crippen molar-refractivity contribution in [1.82, 2.24) is 24.1 Å². The van der Waals surface area contributed by atoms with Crippen molar-refractivity contribution in [3.8, 4) is 45.5 Å². The normalized spacial score (nSPS) is 11.9. The Bertz CT molecular complexity index is 3470. The molecule has 0 aliphatic rings. The highest BCUT2D eigenvalue weighted by Gasteiger charge is 2.19. The molecular weight excluding hydrogens is 715 g/mol. The number of fused-ring (bicyclic) bond motifs is 9. The topological polar surface area (TPSA) is 48.5 Å². The highest BCUT2D eigenvalue weighted by molar-refractivity contribution is 7.25. The van der Waals surface area contributed by atoms with E-state index < -0.39 is 0 Å². The van der Waals surface area contributed by atoms with Gasteiger partial charge in [-0.1, -0.05) is 140 Å². The van der Waals surface area contributed by atoms with Gasteiger partial charge in [0.2, 0.25) is 5.95 Å². The van der Waals surface area contributed by atoms with E-state index in [2.05, 4.69) is 179 Å². The molecule has 12 aromatic rings. The summed E-state index contributed by atoms with van der Waals surface area (Å²) < 4.78 is 7.00. The van der Waals surface area contributed by atoms with E-state index in [9.17, 15) is 0 Å². The lowest BCUT2D eigenvalue weighted by Gasteiger charge is -2.11. The van der Waals surface area contributed by atoms with Crippen LogP contribution in [0.3, 0.4) is 0 Å². The molecule has 8 aromatic carbocycles. The molecule has 0 fully saturated rings. The second-order valence-electron chi connectivity index (χ2n) is 14.5. The Morgan fingerprint density at radius 2 is 0.825 bits per heavy atom. The number of nitrogens with zero attached hydrogens (tertiary/aromatic N) is 5. The van der Waals surface area contributed by atoms with Crippen LogP contribution in [-0.4, -0.2) is 24.1 Å². The fraction of sp³-hybridized carbons (Fsp3) is 0. The summed E-state index contributed by atoms with van der Waals surface area (Å²) in [6.07, 6.45) is 0. The second kappa shape index (κ2) is 12.6. The summed E-state index contributed by atoms with van der Waals surface area (Å²) in [6.45, 7) is 0. The van der Waals surface area contributed by atoms with Crippen molar-refractivity contribution in [2.24, 2.45) is 0 Å². The first kappa shape index (κ1) is 31.9. The molecule has 12 rings (SSSR count). The molecule has 0 saturated heterocycles. The van der Waals surface area contributed by atoms with Crippen LogP contribution >= 0.6 is 11.3 Å². The van der Waals surface area contributed by atoms with Crippen LogP contribution in [0.4, 0.5) is 0 Å². The van der Waals surface area contributed by atoms with Crippen molar-refractivity contribution in [2.75, 3.05) is 0 Å². The van der Waals surface area contributed by atoms with Crippen LogP contribution in [0.1, 0.15) is 0 Å². The first-order valence-corrected chi connectivity index (χ1v) is 19.9. The predicted molar refractivity (Wildman–Crippen MR) is 238 cm³/mol. The van der Waals surface area contributed by atoms with Gasteiger partial charge in [0, 0.05) is 58.5 Å². The van der Waals surface area contributed by atoms with E-state index in [1.807, 2.05) is 29.5 Å². The molecule has 0 unspecified atom stereocenters. The average molecular weight is 746 g/mol. The fourth-order valence-corrected chi connectivity index (χ4v) is 9.73. The Balaban J connectivity index is 1.03. The van der Waals surface area contributed by atoms with Crippen molar-refractivity contribution >= 4 is 75.1 Å². The Morgan fingerprint density at radius 3 is 1.51 bits per heavy atom. The molecule has 0 atom stereocenters. The highest BCUT2D eigenvalue weighted by Crippen LogP contribution is 2.40. The monoisotopic (exact) mass is 745 g/mol. The van der Waals surface area contributed by atoms with Gasteiger partial charge in [0.1, 0.15) is 0 Å². The lowest BCUT2D eigenvalue weighted by Crippen LogP contribution is -2.06. The molecule has 0 N–H and O–H groups in total. The molecule has 0 aliphatic heterocycles. The smallest absolute Gasteiger partial charge is 0.238 e. The maximum absolute atomic E-state index is 5.26. The summed E-state index contributed by atoms with van der Waals surface area (Å²) in [7, 11) is 0. The predicted octanol–water partition coefficient (Wildman–Crippen LogP) is 13.4. The Morgan fingerprint density at radius 1 is 0.316 bits per heavy atom. The maximum Gasteiger partial charge on any atom is 0.238 e. The Hall–Kier alpha value is -7.41. The molecule has 6 heteroatoms. The minimum absolute atomic E-state index is 0.588. The van der Waals surface area contributed by atoms with Crippen LogP contribution < -0.4 is 0 Å². The van der Waals surface area contributed by atoms with Crippen LogP contribution in [0.5, 0.6) is 0 Å². The number of thiophene rings is 1. The van der Waals surface area contributed by atoms with Crippen molar-refractivity contribution in [2.45, 2.75) is 0 Å². The van der Waals surface area contributed by atoms with Crippen LogP contribution in [0.15, 0.2) is 188 Å². The minimum atomic E-state index is 0.588. The van der Waals surface area contributed by atoms with Gasteiger partial charge >= 0.3 is 0 Å². The molecule has 0 spiro atoms. The molecule has 0 radical (unpaired) electrons. The molecule has 0 bridgehead atoms. The number of rotatable bonds is 5. The fourth-order valence-electron chi connectivity index (χ4n) is 8.55. The van der Waals surface area contributed by atoms with Gasteiger partial charge in [-0.3, -0.25) is 4.57 Å². The van der Waals surface area contributed by atoms with Gasteiger partial charge in [0.05, 0.1) is 22.1 Å². The zero-order valence-corrected chi connectivity index (χ0v) is 31.4. The number of hydrogen-bond acceptors (Lipinski definition) is 4. The summed E-state index contributed by atoms with van der Waals surface area (Å²) in [4.78, 5) is 15.6. The quantitative estimate of drug-likeness (QED) is 0.176. The average Bonchev–Trinajstić information content (AvgIpc) is 3.93. The Kier molecular flexibility index (Phi) is 7.03. The van der Waals surface area contributed by atoms with Gasteiger partial charge in [-0.15, -0.1) is 11.3 Å². The van der Waals surface area contributed by atoms with Crippen LogP contribution in [0, 0.1) is 0 Å². The van der Waals surface area contributed by atoms with Crippen molar-refractivity contribution < 1.29 is 0 Å². The molecule has 4 aromatic heterocycles. The largest absolute Gasteiger partial charge is 0.309 e. The van der Waals surface area contributed by atoms with E-state index in [0.29, 0.717) is 17.6 Å². The number of aromatic nitrogens is 5. The van der Waals surface area contributed by atoms with E-state index in [-0.39, 0.29) is 0 Å². The molecular formula is C51H31N5S. The standard InChI is InChI=1S/C51H31N5S/c1-3-13-32(14-4-1)34-24-28-46-42(29-34)39-19-9-12-22-45(39)56(46)51-53-49(33-15-5-2-6-16-33)52-50(54-51)35-23-26-40-41-27-25-36(31-48(41)57-47(40)30-35)55-43-20-10-7-17-37(43)38-18-8-11-21-44(38)55/h1-31H. The number of para-hydroxylation sites is 3. The molecule has 266 valence electrons. The van der Waals surface area contributed by atoms with Crippen LogP contribution in [0.2, 0.25) is 0 Å². The van der Waals surface area contributed by atoms with Crippen molar-refractivity contribution in [3.05, 3.63) is 188 Å². The zero-order chi connectivity index (χ0) is 37.5. The lowest BCUT2D eigenvalue weighted by molar-refractivity contribution is 0.954. The minimum Gasteiger partial charge on any atom is -0.309 e. The molecule has 0 saturated carbocycles. The van der Waals surface area contributed by atoms with E-state index in [4.69, 9.17) is 15.0 Å². The Labute approximate surface area is 331 Å². The summed E-state index contributed by atoms with van der Waals surface area (Å²) in [5.74, 6) is 1.86. The van der Waals surface area contributed by atoms with Gasteiger partial charge in [0.25, 0.3) is 0 Å². The molecule has 0 aliphatic carbocycles. The van der Waals surface area contributed by atoms with E-state index >= 15 is 0 Å². The third kappa shape index (κ3) is 5.04. The first-order chi connectivity index (χ1) is 28.2. The van der Waals surface area contributed by atoms with E-state index in [1.54, 1.807) is 0 Å². The molecule has 4 heterocycles. The molecule has 0 amide bonds. The van der Waals surface area contributed by atoms with Crippen molar-refractivity contribution in [1.29, 1.82) is 0 Å². The number of benzene rings is 8. The van der Waals surface area contributed by atoms with Crippen LogP contribution in [-0.2, 0) is 0 Å². The summed E-state index contributed by atoms with van der Waals surface area (Å²) in [5.41, 5.74) is 9.92. The van der Waals surface area contributed by atoms with Crippen LogP contribution in [0.25, 0.3) is 109 Å². The molecule has 57 heavy (non-hydrogen) atoms. The highest BCUT2D eigenvalue weighted by atomic mass is 32.1. The third-order valence-electron chi connectivity index (χ3n) is 11.2. The zero-order valence-electron chi connectivity index (χ0n) is 30.5. The van der Waals surface area contributed by atoms with Gasteiger partial charge in [-0.05, 0) is 59.7 Å². The van der Waals surface area contributed by atoms with E-state index in [0.717, 1.165) is 38.6 Å². The second-order valence-corrected chi connectivity index (χ2v) is 15.5. The van der Waals surface area contributed by atoms with Crippen molar-refractivity contribution in [3.63, 3.8) is 0 Å². The summed E-state index contributed by atoms with van der Waals surface area (Å²) in [5, 5.41) is 7.30.